The van der Waals surface area contributed by atoms with E-state index in [1.165, 1.54) is 18.8 Å². The summed E-state index contributed by atoms with van der Waals surface area (Å²) < 4.78 is 6.93. The summed E-state index contributed by atoms with van der Waals surface area (Å²) in [5, 5.41) is 7.84. The van der Waals surface area contributed by atoms with Crippen LogP contribution in [0, 0.1) is 13.8 Å². The van der Waals surface area contributed by atoms with Gasteiger partial charge >= 0.3 is 0 Å². The molecule has 2 aromatic carbocycles. The van der Waals surface area contributed by atoms with Gasteiger partial charge in [-0.05, 0) is 49.2 Å². The Morgan fingerprint density at radius 1 is 1.00 bits per heavy atom. The van der Waals surface area contributed by atoms with Crippen molar-refractivity contribution in [3.05, 3.63) is 88.0 Å². The number of rotatable bonds is 4. The highest BCUT2D eigenvalue weighted by Crippen LogP contribution is 2.23. The fourth-order valence-corrected chi connectivity index (χ4v) is 3.07. The minimum atomic E-state index is -0.425. The predicted molar refractivity (Wildman–Crippen MR) is 115 cm³/mol. The van der Waals surface area contributed by atoms with Crippen molar-refractivity contribution in [2.24, 2.45) is 7.05 Å². The van der Waals surface area contributed by atoms with E-state index >= 15 is 0 Å². The molecule has 2 heterocycles. The quantitative estimate of drug-likeness (QED) is 0.560. The molecule has 4 rings (SSSR count). The minimum absolute atomic E-state index is 0.170. The Balaban J connectivity index is 1.54. The van der Waals surface area contributed by atoms with E-state index in [4.69, 9.17) is 4.74 Å². The summed E-state index contributed by atoms with van der Waals surface area (Å²) >= 11 is 0. The largest absolute Gasteiger partial charge is 0.439 e. The second-order valence-corrected chi connectivity index (χ2v) is 7.01. The summed E-state index contributed by atoms with van der Waals surface area (Å²) in [5.41, 5.74) is 2.73. The standard InChI is InChI=1S/C23H20N4O3/c1-14-8-10-17(12-15(14)2)30-20-11-9-16(13-24-20)25-22(28)21-18-6-4-5-7-19(18)23(29)27(3)26-21/h4-13H,1-3H3,(H,25,28). The van der Waals surface area contributed by atoms with Crippen LogP contribution in [0.1, 0.15) is 21.6 Å². The van der Waals surface area contributed by atoms with Gasteiger partial charge in [-0.25, -0.2) is 9.67 Å². The molecule has 30 heavy (non-hydrogen) atoms. The molecule has 2 aromatic heterocycles. The topological polar surface area (TPSA) is 86.1 Å². The molecule has 0 saturated carbocycles. The number of aryl methyl sites for hydroxylation is 3. The molecule has 0 aliphatic carbocycles. The predicted octanol–water partition coefficient (Wildman–Crippen LogP) is 3.99. The summed E-state index contributed by atoms with van der Waals surface area (Å²) in [6.07, 6.45) is 1.51. The average molecular weight is 400 g/mol. The number of anilines is 1. The van der Waals surface area contributed by atoms with E-state index in [1.807, 2.05) is 32.0 Å². The van der Waals surface area contributed by atoms with Crippen molar-refractivity contribution >= 4 is 22.4 Å². The molecular weight excluding hydrogens is 380 g/mol. The van der Waals surface area contributed by atoms with Gasteiger partial charge in [-0.3, -0.25) is 9.59 Å². The number of nitrogens with zero attached hydrogens (tertiary/aromatic N) is 3. The number of fused-ring (bicyclic) bond motifs is 1. The fraction of sp³-hybridized carbons (Fsp3) is 0.130. The highest BCUT2D eigenvalue weighted by Gasteiger charge is 2.16. The summed E-state index contributed by atoms with van der Waals surface area (Å²) in [7, 11) is 1.52. The Hall–Kier alpha value is -4.00. The Kier molecular flexibility index (Phi) is 5.02. The highest BCUT2D eigenvalue weighted by molar-refractivity contribution is 6.11. The van der Waals surface area contributed by atoms with Crippen molar-refractivity contribution in [1.29, 1.82) is 0 Å². The number of hydrogen-bond acceptors (Lipinski definition) is 5. The molecule has 0 saturated heterocycles. The van der Waals surface area contributed by atoms with Gasteiger partial charge in [-0.15, -0.1) is 0 Å². The van der Waals surface area contributed by atoms with E-state index in [-0.39, 0.29) is 11.3 Å². The summed E-state index contributed by atoms with van der Waals surface area (Å²) in [5.74, 6) is 0.691. The lowest BCUT2D eigenvalue weighted by Gasteiger charge is -2.10. The Morgan fingerprint density at radius 3 is 2.47 bits per heavy atom. The molecule has 1 N–H and O–H groups in total. The number of pyridine rings is 1. The van der Waals surface area contributed by atoms with Crippen molar-refractivity contribution in [1.82, 2.24) is 14.8 Å². The Bertz CT molecular complexity index is 1310. The molecule has 150 valence electrons. The maximum absolute atomic E-state index is 12.8. The molecule has 0 atom stereocenters. The molecule has 0 unspecified atom stereocenters. The van der Waals surface area contributed by atoms with Gasteiger partial charge in [-0.1, -0.05) is 24.3 Å². The van der Waals surface area contributed by atoms with E-state index in [0.29, 0.717) is 28.1 Å². The smallest absolute Gasteiger partial charge is 0.276 e. The molecular formula is C23H20N4O3. The van der Waals surface area contributed by atoms with Crippen molar-refractivity contribution < 1.29 is 9.53 Å². The molecule has 0 spiro atoms. The number of hydrogen-bond donors (Lipinski definition) is 1. The Labute approximate surface area is 173 Å². The van der Waals surface area contributed by atoms with E-state index in [1.54, 1.807) is 36.4 Å². The SMILES string of the molecule is Cc1ccc(Oc2ccc(NC(=O)c3nn(C)c(=O)c4ccccc34)cn2)cc1C. The van der Waals surface area contributed by atoms with Crippen LogP contribution in [0.5, 0.6) is 11.6 Å². The van der Waals surface area contributed by atoms with Gasteiger partial charge in [0.25, 0.3) is 11.5 Å². The minimum Gasteiger partial charge on any atom is -0.439 e. The van der Waals surface area contributed by atoms with Crippen LogP contribution in [0.4, 0.5) is 5.69 Å². The first-order valence-corrected chi connectivity index (χ1v) is 9.41. The van der Waals surface area contributed by atoms with Crippen LogP contribution >= 0.6 is 0 Å². The molecule has 0 aliphatic rings. The average Bonchev–Trinajstić information content (AvgIpc) is 2.75. The third kappa shape index (κ3) is 3.77. The first-order valence-electron chi connectivity index (χ1n) is 9.41. The van der Waals surface area contributed by atoms with Gasteiger partial charge in [-0.2, -0.15) is 5.10 Å². The number of benzene rings is 2. The fourth-order valence-electron chi connectivity index (χ4n) is 3.07. The zero-order valence-corrected chi connectivity index (χ0v) is 16.8. The van der Waals surface area contributed by atoms with Crippen LogP contribution in [0.15, 0.2) is 65.6 Å². The molecule has 0 aliphatic heterocycles. The molecule has 7 heteroatoms. The van der Waals surface area contributed by atoms with Crippen LogP contribution in [0.2, 0.25) is 0 Å². The van der Waals surface area contributed by atoms with Gasteiger partial charge < -0.3 is 10.1 Å². The molecule has 1 amide bonds. The number of nitrogens with one attached hydrogen (secondary N) is 1. The second-order valence-electron chi connectivity index (χ2n) is 7.01. The van der Waals surface area contributed by atoms with Crippen LogP contribution < -0.4 is 15.6 Å². The van der Waals surface area contributed by atoms with Gasteiger partial charge in [0.1, 0.15) is 5.75 Å². The zero-order valence-electron chi connectivity index (χ0n) is 16.8. The summed E-state index contributed by atoms with van der Waals surface area (Å²) in [6.45, 7) is 4.06. The third-order valence-corrected chi connectivity index (χ3v) is 4.87. The van der Waals surface area contributed by atoms with Crippen molar-refractivity contribution in [3.8, 4) is 11.6 Å². The van der Waals surface area contributed by atoms with Crippen molar-refractivity contribution in [2.45, 2.75) is 13.8 Å². The van der Waals surface area contributed by atoms with Crippen LogP contribution in [0.25, 0.3) is 10.8 Å². The first kappa shape index (κ1) is 19.3. The van der Waals surface area contributed by atoms with E-state index in [2.05, 4.69) is 15.4 Å². The lowest BCUT2D eigenvalue weighted by Crippen LogP contribution is -2.25. The van der Waals surface area contributed by atoms with E-state index < -0.39 is 5.91 Å². The van der Waals surface area contributed by atoms with Crippen molar-refractivity contribution in [2.75, 3.05) is 5.32 Å². The van der Waals surface area contributed by atoms with E-state index in [0.717, 1.165) is 10.2 Å². The summed E-state index contributed by atoms with van der Waals surface area (Å²) in [4.78, 5) is 29.3. The maximum atomic E-state index is 12.8. The number of aromatic nitrogens is 3. The normalized spacial score (nSPS) is 10.8. The van der Waals surface area contributed by atoms with Gasteiger partial charge in [0.05, 0.1) is 17.3 Å². The van der Waals surface area contributed by atoms with Gasteiger partial charge in [0.2, 0.25) is 5.88 Å². The van der Waals surface area contributed by atoms with Crippen LogP contribution in [-0.4, -0.2) is 20.7 Å². The van der Waals surface area contributed by atoms with Gasteiger partial charge in [0.15, 0.2) is 5.69 Å². The summed E-state index contributed by atoms with van der Waals surface area (Å²) in [6, 6.07) is 16.1. The number of ether oxygens (including phenoxy) is 1. The lowest BCUT2D eigenvalue weighted by atomic mass is 10.1. The molecule has 0 bridgehead atoms. The van der Waals surface area contributed by atoms with E-state index in [9.17, 15) is 9.59 Å². The molecule has 0 radical (unpaired) electrons. The highest BCUT2D eigenvalue weighted by atomic mass is 16.5. The lowest BCUT2D eigenvalue weighted by molar-refractivity contribution is 0.102. The molecule has 0 fully saturated rings. The first-order chi connectivity index (χ1) is 14.4. The maximum Gasteiger partial charge on any atom is 0.276 e. The second kappa shape index (κ2) is 7.79. The molecule has 7 nitrogen and oxygen atoms in total. The van der Waals surface area contributed by atoms with Gasteiger partial charge in [0, 0.05) is 18.5 Å². The number of amides is 1. The molecule has 4 aromatic rings. The van der Waals surface area contributed by atoms with Crippen LogP contribution in [-0.2, 0) is 7.05 Å². The monoisotopic (exact) mass is 400 g/mol. The van der Waals surface area contributed by atoms with Crippen molar-refractivity contribution in [3.63, 3.8) is 0 Å². The van der Waals surface area contributed by atoms with Crippen LogP contribution in [0.3, 0.4) is 0 Å². The number of carbonyl (C=O) groups excluding carboxylic acids is 1. The Morgan fingerprint density at radius 2 is 1.77 bits per heavy atom. The number of carbonyl (C=O) groups is 1. The zero-order chi connectivity index (χ0) is 21.3. The third-order valence-electron chi connectivity index (χ3n) is 4.87.